The second-order valence-corrected chi connectivity index (χ2v) is 13.9. The van der Waals surface area contributed by atoms with Gasteiger partial charge in [0.1, 0.15) is 23.2 Å². The molecule has 4 aromatic rings. The lowest BCUT2D eigenvalue weighted by atomic mass is 9.89. The zero-order chi connectivity index (χ0) is 31.8. The number of benzene rings is 2. The zero-order valence-corrected chi connectivity index (χ0v) is 26.6. The average Bonchev–Trinajstić information content (AvgIpc) is 3.51. The van der Waals surface area contributed by atoms with E-state index in [4.69, 9.17) is 29.3 Å². The molecule has 1 aliphatic carbocycles. The van der Waals surface area contributed by atoms with Crippen LogP contribution in [0.5, 0.6) is 11.8 Å². The Labute approximate surface area is 272 Å². The number of aromatic hydroxyl groups is 1. The molecule has 0 radical (unpaired) electrons. The first kappa shape index (κ1) is 29.0. The summed E-state index contributed by atoms with van der Waals surface area (Å²) in [6.07, 6.45) is 8.28. The summed E-state index contributed by atoms with van der Waals surface area (Å²) < 4.78 is 20.0. The fourth-order valence-electron chi connectivity index (χ4n) is 8.30. The Kier molecular flexibility index (Phi) is 6.93. The topological polar surface area (TPSA) is 135 Å². The first-order valence-electron chi connectivity index (χ1n) is 17.1. The molecule has 246 valence electrons. The summed E-state index contributed by atoms with van der Waals surface area (Å²) in [6, 6.07) is 6.54. The number of hydrogen-bond donors (Lipinski definition) is 2. The normalized spacial score (nSPS) is 24.9. The molecular formula is C35H40N6O6. The molecule has 1 saturated carbocycles. The number of piperazine rings is 1. The number of aromatic nitrogens is 4. The number of phenols is 1. The third-order valence-corrected chi connectivity index (χ3v) is 10.8. The molecule has 1 amide bonds. The van der Waals surface area contributed by atoms with Crippen LogP contribution in [0.4, 0.5) is 10.6 Å². The average molecular weight is 641 g/mol. The number of likely N-dealkylation sites (tertiary alicyclic amines) is 1. The van der Waals surface area contributed by atoms with Gasteiger partial charge >= 0.3 is 12.1 Å². The van der Waals surface area contributed by atoms with Crippen molar-refractivity contribution < 1.29 is 29.2 Å². The molecule has 3 atom stereocenters. The highest BCUT2D eigenvalue weighted by Crippen LogP contribution is 2.53. The standard InChI is InChI=1S/C35H40N6O6/c1-19-5-8-27-26(16-36-41(27)28-4-2-3-11-46-28)29(19)30-24(20-6-7-20)15-25-31(32(30)42)37-34(47-23-9-12-45-13-10-23)38-33(25)39-17-22-14-21(39)18-40(22)35(43)44/h5,8,15-16,20-23,28,42H,2-4,6-7,9-14,17-18H2,1H3,(H,43,44)/t21-,22?,28?/m0/s1. The van der Waals surface area contributed by atoms with Crippen molar-refractivity contribution in [2.24, 2.45) is 0 Å². The highest BCUT2D eigenvalue weighted by molar-refractivity contribution is 6.06. The van der Waals surface area contributed by atoms with Crippen LogP contribution in [0, 0.1) is 6.92 Å². The van der Waals surface area contributed by atoms with E-state index in [-0.39, 0.29) is 36.2 Å². The summed E-state index contributed by atoms with van der Waals surface area (Å²) in [7, 11) is 0. The van der Waals surface area contributed by atoms with Gasteiger partial charge in [0.05, 0.1) is 37.0 Å². The van der Waals surface area contributed by atoms with Crippen molar-refractivity contribution in [1.29, 1.82) is 0 Å². The van der Waals surface area contributed by atoms with Crippen molar-refractivity contribution in [2.45, 2.75) is 88.6 Å². The summed E-state index contributed by atoms with van der Waals surface area (Å²) in [5, 5.41) is 28.7. The summed E-state index contributed by atoms with van der Waals surface area (Å²) in [4.78, 5) is 25.5. The SMILES string of the molecule is Cc1ccc2c(cnn2C2CCCCO2)c1-c1c(C2CC2)cc2c(N3CC4C[C@H]3CN4C(=O)O)nc(OC3CCOCC3)nc2c1O. The lowest BCUT2D eigenvalue weighted by molar-refractivity contribution is -0.0366. The van der Waals surface area contributed by atoms with E-state index in [9.17, 15) is 15.0 Å². The Morgan fingerprint density at radius 3 is 2.55 bits per heavy atom. The van der Waals surface area contributed by atoms with Crippen LogP contribution in [0.2, 0.25) is 0 Å². The van der Waals surface area contributed by atoms with Gasteiger partial charge in [0.25, 0.3) is 0 Å². The Balaban J connectivity index is 1.22. The maximum Gasteiger partial charge on any atom is 0.407 e. The molecular weight excluding hydrogens is 600 g/mol. The van der Waals surface area contributed by atoms with Gasteiger partial charge in [0, 0.05) is 48.9 Å². The Morgan fingerprint density at radius 1 is 0.979 bits per heavy atom. The number of anilines is 1. The number of nitrogens with zero attached hydrogens (tertiary/aromatic N) is 6. The predicted octanol–water partition coefficient (Wildman–Crippen LogP) is 5.74. The number of rotatable bonds is 6. The van der Waals surface area contributed by atoms with Gasteiger partial charge in [0.2, 0.25) is 0 Å². The van der Waals surface area contributed by atoms with Crippen LogP contribution in [-0.4, -0.2) is 92.1 Å². The number of ether oxygens (including phenoxy) is 3. The van der Waals surface area contributed by atoms with Crippen molar-refractivity contribution in [1.82, 2.24) is 24.6 Å². The molecule has 4 saturated heterocycles. The summed E-state index contributed by atoms with van der Waals surface area (Å²) >= 11 is 0. The minimum atomic E-state index is -0.880. The van der Waals surface area contributed by atoms with E-state index in [1.807, 2.05) is 10.9 Å². The highest BCUT2D eigenvalue weighted by Gasteiger charge is 2.47. The van der Waals surface area contributed by atoms with Gasteiger partial charge in [-0.3, -0.25) is 0 Å². The van der Waals surface area contributed by atoms with Crippen LogP contribution >= 0.6 is 0 Å². The lowest BCUT2D eigenvalue weighted by Crippen LogP contribution is -2.48. The molecule has 2 bridgehead atoms. The predicted molar refractivity (Wildman–Crippen MR) is 174 cm³/mol. The van der Waals surface area contributed by atoms with Crippen LogP contribution in [0.3, 0.4) is 0 Å². The molecule has 4 aliphatic heterocycles. The van der Waals surface area contributed by atoms with Gasteiger partial charge in [-0.2, -0.15) is 15.1 Å². The van der Waals surface area contributed by atoms with Crippen molar-refractivity contribution in [3.05, 3.63) is 35.5 Å². The minimum Gasteiger partial charge on any atom is -0.505 e. The summed E-state index contributed by atoms with van der Waals surface area (Å²) in [6.45, 7) is 5.03. The number of carboxylic acid groups (broad SMARTS) is 1. The van der Waals surface area contributed by atoms with Crippen LogP contribution in [-0.2, 0) is 9.47 Å². The summed E-state index contributed by atoms with van der Waals surface area (Å²) in [5.41, 5.74) is 5.35. The third-order valence-electron chi connectivity index (χ3n) is 10.8. The smallest absolute Gasteiger partial charge is 0.407 e. The molecule has 2 unspecified atom stereocenters. The molecule has 5 fully saturated rings. The van der Waals surface area contributed by atoms with E-state index in [0.29, 0.717) is 43.6 Å². The van der Waals surface area contributed by atoms with Crippen LogP contribution in [0.15, 0.2) is 24.4 Å². The van der Waals surface area contributed by atoms with Gasteiger partial charge < -0.3 is 34.2 Å². The molecule has 5 aliphatic rings. The fourth-order valence-corrected chi connectivity index (χ4v) is 8.30. The van der Waals surface area contributed by atoms with Gasteiger partial charge in [-0.05, 0) is 80.2 Å². The van der Waals surface area contributed by atoms with Crippen molar-refractivity contribution in [3.8, 4) is 22.9 Å². The van der Waals surface area contributed by atoms with Gasteiger partial charge in [-0.1, -0.05) is 6.07 Å². The maximum atomic E-state index is 12.4. The van der Waals surface area contributed by atoms with Gasteiger partial charge in [-0.15, -0.1) is 0 Å². The first-order valence-corrected chi connectivity index (χ1v) is 17.1. The summed E-state index contributed by atoms with van der Waals surface area (Å²) in [5.74, 6) is 1.14. The van der Waals surface area contributed by atoms with Gasteiger partial charge in [-0.25, -0.2) is 9.48 Å². The number of hydrogen-bond acceptors (Lipinski definition) is 9. The zero-order valence-electron chi connectivity index (χ0n) is 26.6. The second-order valence-electron chi connectivity index (χ2n) is 13.9. The quantitative estimate of drug-likeness (QED) is 0.269. The lowest BCUT2D eigenvalue weighted by Gasteiger charge is -2.34. The first-order chi connectivity index (χ1) is 22.9. The van der Waals surface area contributed by atoms with E-state index >= 15 is 0 Å². The van der Waals surface area contributed by atoms with Crippen LogP contribution < -0.4 is 9.64 Å². The van der Waals surface area contributed by atoms with E-state index in [2.05, 4.69) is 30.0 Å². The molecule has 0 spiro atoms. The number of amides is 1. The molecule has 2 aromatic carbocycles. The molecule has 2 N–H and O–H groups in total. The van der Waals surface area contributed by atoms with E-state index < -0.39 is 6.09 Å². The van der Waals surface area contributed by atoms with E-state index in [0.717, 1.165) is 96.5 Å². The molecule has 47 heavy (non-hydrogen) atoms. The fraction of sp³-hybridized carbons (Fsp3) is 0.543. The Bertz CT molecular complexity index is 1880. The van der Waals surface area contributed by atoms with Crippen LogP contribution in [0.1, 0.15) is 74.6 Å². The Hall–Kier alpha value is -4.16. The number of fused-ring (bicyclic) bond motifs is 4. The monoisotopic (exact) mass is 640 g/mol. The largest absolute Gasteiger partial charge is 0.505 e. The van der Waals surface area contributed by atoms with Crippen molar-refractivity contribution in [3.63, 3.8) is 0 Å². The molecule has 6 heterocycles. The van der Waals surface area contributed by atoms with Crippen molar-refractivity contribution >= 4 is 33.7 Å². The molecule has 9 rings (SSSR count). The van der Waals surface area contributed by atoms with Gasteiger partial charge in [0.15, 0.2) is 6.23 Å². The second kappa shape index (κ2) is 11.2. The number of aryl methyl sites for hydroxylation is 1. The minimum absolute atomic E-state index is 0.000151. The van der Waals surface area contributed by atoms with Crippen LogP contribution in [0.25, 0.3) is 32.9 Å². The highest BCUT2D eigenvalue weighted by atomic mass is 16.5. The number of carbonyl (C=O) groups is 1. The molecule has 12 heteroatoms. The molecule has 2 aromatic heterocycles. The maximum absolute atomic E-state index is 12.4. The van der Waals surface area contributed by atoms with E-state index in [1.54, 1.807) is 0 Å². The third kappa shape index (κ3) is 4.86. The number of phenolic OH excluding ortho intramolecular Hbond substituents is 1. The Morgan fingerprint density at radius 2 is 1.83 bits per heavy atom. The molecule has 12 nitrogen and oxygen atoms in total. The van der Waals surface area contributed by atoms with Crippen molar-refractivity contribution in [2.75, 3.05) is 37.8 Å². The van der Waals surface area contributed by atoms with E-state index in [1.165, 1.54) is 4.90 Å².